The van der Waals surface area contributed by atoms with Crippen LogP contribution in [-0.2, 0) is 0 Å². The molecule has 5 heterocycles. The van der Waals surface area contributed by atoms with E-state index in [2.05, 4.69) is 36.0 Å². The highest BCUT2D eigenvalue weighted by Crippen LogP contribution is 2.30. The van der Waals surface area contributed by atoms with Crippen LogP contribution >= 0.6 is 0 Å². The van der Waals surface area contributed by atoms with Crippen molar-refractivity contribution in [2.24, 2.45) is 0 Å². The fourth-order valence-corrected chi connectivity index (χ4v) is 4.23. The lowest BCUT2D eigenvalue weighted by atomic mass is 9.96. The van der Waals surface area contributed by atoms with Crippen molar-refractivity contribution in [3.63, 3.8) is 0 Å². The summed E-state index contributed by atoms with van der Waals surface area (Å²) in [6.07, 6.45) is 8.05. The van der Waals surface area contributed by atoms with Gasteiger partial charge in [-0.2, -0.15) is 4.52 Å². The monoisotopic (exact) mass is 364 g/mol. The lowest BCUT2D eigenvalue weighted by Gasteiger charge is -2.32. The molecule has 0 spiro atoms. The van der Waals surface area contributed by atoms with E-state index in [1.807, 2.05) is 17.5 Å². The molecular formula is C19H24N8. The molecule has 0 atom stereocenters. The summed E-state index contributed by atoms with van der Waals surface area (Å²) in [7, 11) is 0. The number of rotatable bonds is 3. The van der Waals surface area contributed by atoms with Crippen LogP contribution in [0.2, 0.25) is 0 Å². The maximum atomic E-state index is 4.87. The van der Waals surface area contributed by atoms with Crippen molar-refractivity contribution >= 4 is 17.3 Å². The second-order valence-corrected chi connectivity index (χ2v) is 7.44. The zero-order chi connectivity index (χ0) is 18.2. The first kappa shape index (κ1) is 16.4. The molecule has 2 fully saturated rings. The molecule has 0 amide bonds. The number of anilines is 2. The van der Waals surface area contributed by atoms with Crippen LogP contribution in [0.15, 0.2) is 24.5 Å². The summed E-state index contributed by atoms with van der Waals surface area (Å²) in [6, 6.07) is 4.10. The highest BCUT2D eigenvalue weighted by molar-refractivity contribution is 5.47. The van der Waals surface area contributed by atoms with Crippen molar-refractivity contribution < 1.29 is 0 Å². The van der Waals surface area contributed by atoms with Gasteiger partial charge in [-0.1, -0.05) is 0 Å². The van der Waals surface area contributed by atoms with Gasteiger partial charge in [0.05, 0.1) is 5.69 Å². The van der Waals surface area contributed by atoms with Gasteiger partial charge in [-0.05, 0) is 44.7 Å². The Kier molecular flexibility index (Phi) is 4.10. The maximum Gasteiger partial charge on any atom is 0.178 e. The summed E-state index contributed by atoms with van der Waals surface area (Å²) >= 11 is 0. The van der Waals surface area contributed by atoms with Crippen molar-refractivity contribution in [1.29, 1.82) is 0 Å². The number of hydrogen-bond donors (Lipinski definition) is 0. The topological polar surface area (TPSA) is 75.3 Å². The first-order valence-corrected chi connectivity index (χ1v) is 9.79. The van der Waals surface area contributed by atoms with Crippen molar-refractivity contribution in [2.75, 3.05) is 36.0 Å². The molecule has 27 heavy (non-hydrogen) atoms. The first-order chi connectivity index (χ1) is 13.3. The van der Waals surface area contributed by atoms with Crippen LogP contribution in [0.1, 0.15) is 43.1 Å². The molecule has 0 aromatic carbocycles. The summed E-state index contributed by atoms with van der Waals surface area (Å²) in [4.78, 5) is 13.5. The van der Waals surface area contributed by atoms with Crippen molar-refractivity contribution in [2.45, 2.75) is 38.5 Å². The lowest BCUT2D eigenvalue weighted by Crippen LogP contribution is -2.34. The van der Waals surface area contributed by atoms with Crippen molar-refractivity contribution in [3.05, 3.63) is 36.0 Å². The molecule has 0 radical (unpaired) electrons. The van der Waals surface area contributed by atoms with Crippen molar-refractivity contribution in [1.82, 2.24) is 29.8 Å². The van der Waals surface area contributed by atoms with E-state index in [-0.39, 0.29) is 0 Å². The number of aryl methyl sites for hydroxylation is 1. The standard InChI is InChI=1S/C19H24N8/c1-14-18(21-9-8-20-14)26-12-6-15(7-13-26)19-23-22-16-4-5-17(24-27(16)19)25-10-2-3-11-25/h4-5,8-9,15H,2-3,6-7,10-13H2,1H3. The fraction of sp³-hybridized carbons (Fsp3) is 0.526. The van der Waals surface area contributed by atoms with Crippen LogP contribution in [-0.4, -0.2) is 56.0 Å². The molecule has 2 aliphatic rings. The van der Waals surface area contributed by atoms with Gasteiger partial charge in [0.1, 0.15) is 11.6 Å². The van der Waals surface area contributed by atoms with Crippen LogP contribution in [0, 0.1) is 6.92 Å². The van der Waals surface area contributed by atoms with Gasteiger partial charge in [0.25, 0.3) is 0 Å². The van der Waals surface area contributed by atoms with Crippen LogP contribution in [0.5, 0.6) is 0 Å². The number of fused-ring (bicyclic) bond motifs is 1. The predicted molar refractivity (Wildman–Crippen MR) is 103 cm³/mol. The van der Waals surface area contributed by atoms with Gasteiger partial charge in [-0.15, -0.1) is 15.3 Å². The van der Waals surface area contributed by atoms with E-state index in [1.54, 1.807) is 12.4 Å². The molecule has 0 saturated carbocycles. The van der Waals surface area contributed by atoms with Gasteiger partial charge in [0.15, 0.2) is 11.5 Å². The fourth-order valence-electron chi connectivity index (χ4n) is 4.23. The van der Waals surface area contributed by atoms with Crippen LogP contribution in [0.25, 0.3) is 5.65 Å². The average molecular weight is 364 g/mol. The van der Waals surface area contributed by atoms with Gasteiger partial charge in [-0.25, -0.2) is 4.98 Å². The third-order valence-corrected chi connectivity index (χ3v) is 5.72. The second-order valence-electron chi connectivity index (χ2n) is 7.44. The summed E-state index contributed by atoms with van der Waals surface area (Å²) in [5.74, 6) is 3.39. The van der Waals surface area contributed by atoms with Gasteiger partial charge in [0.2, 0.25) is 0 Å². The smallest absolute Gasteiger partial charge is 0.178 e. The lowest BCUT2D eigenvalue weighted by molar-refractivity contribution is 0.474. The number of aromatic nitrogens is 6. The molecule has 5 rings (SSSR count). The zero-order valence-corrected chi connectivity index (χ0v) is 15.6. The Morgan fingerprint density at radius 1 is 0.889 bits per heavy atom. The molecule has 3 aromatic heterocycles. The normalized spacial score (nSPS) is 18.6. The van der Waals surface area contributed by atoms with Gasteiger partial charge < -0.3 is 9.80 Å². The Morgan fingerprint density at radius 3 is 2.44 bits per heavy atom. The number of piperidine rings is 1. The number of nitrogens with zero attached hydrogens (tertiary/aromatic N) is 8. The molecule has 0 N–H and O–H groups in total. The molecule has 140 valence electrons. The van der Waals surface area contributed by atoms with E-state index in [9.17, 15) is 0 Å². The third-order valence-electron chi connectivity index (χ3n) is 5.72. The predicted octanol–water partition coefficient (Wildman–Crippen LogP) is 2.21. The molecule has 3 aromatic rings. The molecule has 2 aliphatic heterocycles. The van der Waals surface area contributed by atoms with E-state index in [1.165, 1.54) is 12.8 Å². The van der Waals surface area contributed by atoms with Crippen LogP contribution in [0.3, 0.4) is 0 Å². The third kappa shape index (κ3) is 2.98. The molecule has 0 aliphatic carbocycles. The molecular weight excluding hydrogens is 340 g/mol. The summed E-state index contributed by atoms with van der Waals surface area (Å²) in [6.45, 7) is 6.09. The molecule has 0 bridgehead atoms. The van der Waals surface area contributed by atoms with Crippen LogP contribution in [0.4, 0.5) is 11.6 Å². The minimum atomic E-state index is 0.370. The molecule has 8 heteroatoms. The zero-order valence-electron chi connectivity index (χ0n) is 15.6. The van der Waals surface area contributed by atoms with Gasteiger partial charge >= 0.3 is 0 Å². The Bertz CT molecular complexity index is 938. The molecule has 0 unspecified atom stereocenters. The molecule has 2 saturated heterocycles. The van der Waals surface area contributed by atoms with E-state index in [0.717, 1.165) is 67.8 Å². The highest BCUT2D eigenvalue weighted by atomic mass is 15.4. The second kappa shape index (κ2) is 6.75. The van der Waals surface area contributed by atoms with E-state index in [0.29, 0.717) is 5.92 Å². The summed E-state index contributed by atoms with van der Waals surface area (Å²) in [5.41, 5.74) is 1.82. The molecule has 8 nitrogen and oxygen atoms in total. The number of hydrogen-bond acceptors (Lipinski definition) is 7. The van der Waals surface area contributed by atoms with E-state index >= 15 is 0 Å². The Morgan fingerprint density at radius 2 is 1.67 bits per heavy atom. The van der Waals surface area contributed by atoms with Gasteiger partial charge in [-0.3, -0.25) is 4.98 Å². The minimum Gasteiger partial charge on any atom is -0.355 e. The van der Waals surface area contributed by atoms with E-state index in [4.69, 9.17) is 5.10 Å². The Labute approximate surface area is 158 Å². The van der Waals surface area contributed by atoms with E-state index < -0.39 is 0 Å². The van der Waals surface area contributed by atoms with Crippen molar-refractivity contribution in [3.8, 4) is 0 Å². The Hall–Kier alpha value is -2.77. The summed E-state index contributed by atoms with van der Waals surface area (Å²) in [5, 5.41) is 13.7. The van der Waals surface area contributed by atoms with Gasteiger partial charge in [0, 0.05) is 44.5 Å². The Balaban J connectivity index is 1.37. The quantitative estimate of drug-likeness (QED) is 0.705. The largest absolute Gasteiger partial charge is 0.355 e. The minimum absolute atomic E-state index is 0.370. The van der Waals surface area contributed by atoms with Crippen LogP contribution < -0.4 is 9.80 Å². The summed E-state index contributed by atoms with van der Waals surface area (Å²) < 4.78 is 1.96. The average Bonchev–Trinajstić information content (AvgIpc) is 3.38. The maximum absolute atomic E-state index is 4.87. The highest BCUT2D eigenvalue weighted by Gasteiger charge is 2.27. The first-order valence-electron chi connectivity index (χ1n) is 9.79. The SMILES string of the molecule is Cc1nccnc1N1CCC(c2nnc3ccc(N4CCCC4)nn23)CC1.